The van der Waals surface area contributed by atoms with Gasteiger partial charge in [0.05, 0.1) is 24.7 Å². The summed E-state index contributed by atoms with van der Waals surface area (Å²) in [4.78, 5) is 26.7. The Labute approximate surface area is 177 Å². The smallest absolute Gasteiger partial charge is 0.417 e. The molecule has 1 aromatic heterocycles. The molecule has 1 atom stereocenters. The van der Waals surface area contributed by atoms with Crippen molar-refractivity contribution >= 4 is 48.2 Å². The largest absolute Gasteiger partial charge is 0.475 e. The lowest BCUT2D eigenvalue weighted by atomic mass is 10.1. The zero-order chi connectivity index (χ0) is 19.9. The van der Waals surface area contributed by atoms with Crippen LogP contribution in [0.25, 0.3) is 0 Å². The second-order valence-corrected chi connectivity index (χ2v) is 6.10. The third-order valence-electron chi connectivity index (χ3n) is 3.24. The molecule has 0 aliphatic heterocycles. The summed E-state index contributed by atoms with van der Waals surface area (Å²) in [5.41, 5.74) is 4.64. The highest BCUT2D eigenvalue weighted by molar-refractivity contribution is 6.31. The van der Waals surface area contributed by atoms with Gasteiger partial charge >= 0.3 is 6.18 Å². The van der Waals surface area contributed by atoms with Crippen LogP contribution in [0.15, 0.2) is 12.3 Å². The third kappa shape index (κ3) is 9.63. The average molecular weight is 470 g/mol. The number of hydrogen-bond donors (Lipinski definition) is 3. The molecule has 1 heterocycles. The van der Waals surface area contributed by atoms with Crippen LogP contribution in [0.4, 0.5) is 13.2 Å². The number of nitrogens with two attached hydrogens (primary N) is 1. The summed E-state index contributed by atoms with van der Waals surface area (Å²) in [6.45, 7) is 3.29. The number of nitrogens with zero attached hydrogens (tertiary/aromatic N) is 1. The Balaban J connectivity index is 0. The minimum absolute atomic E-state index is 0. The molecule has 0 unspecified atom stereocenters. The standard InChI is InChI=1S/C15H20ClF3N4O3.2ClH/c1-8(2)12(20)13(25)22-7-11(24)21-3-4-26-14-10(16)5-9(6-23-14)15(17,18)19;;/h5-6,8,12H,3-4,7,20H2,1-2H3,(H,21,24)(H,22,25);2*1H/t12-;;/m0../s1. The Morgan fingerprint density at radius 2 is 1.89 bits per heavy atom. The number of halogens is 6. The molecule has 0 saturated heterocycles. The Bertz CT molecular complexity index is 649. The van der Waals surface area contributed by atoms with Crippen LogP contribution in [-0.2, 0) is 15.8 Å². The van der Waals surface area contributed by atoms with Crippen molar-refractivity contribution in [3.63, 3.8) is 0 Å². The zero-order valence-electron chi connectivity index (χ0n) is 15.0. The van der Waals surface area contributed by atoms with E-state index in [0.717, 1.165) is 0 Å². The van der Waals surface area contributed by atoms with Gasteiger partial charge in [-0.15, -0.1) is 24.8 Å². The Hall–Kier alpha value is -1.49. The second-order valence-electron chi connectivity index (χ2n) is 5.69. The van der Waals surface area contributed by atoms with Crippen LogP contribution in [0.5, 0.6) is 5.88 Å². The highest BCUT2D eigenvalue weighted by atomic mass is 35.5. The van der Waals surface area contributed by atoms with Crippen LogP contribution in [-0.4, -0.2) is 42.5 Å². The number of nitrogens with one attached hydrogen (secondary N) is 2. The molecule has 28 heavy (non-hydrogen) atoms. The van der Waals surface area contributed by atoms with Crippen molar-refractivity contribution in [3.05, 3.63) is 22.8 Å². The number of carbonyl (C=O) groups excluding carboxylic acids is 2. The van der Waals surface area contributed by atoms with E-state index < -0.39 is 29.6 Å². The van der Waals surface area contributed by atoms with Crippen LogP contribution in [0, 0.1) is 5.92 Å². The van der Waals surface area contributed by atoms with E-state index in [0.29, 0.717) is 12.3 Å². The molecule has 0 aliphatic rings. The maximum absolute atomic E-state index is 12.5. The molecule has 0 aliphatic carbocycles. The fourth-order valence-corrected chi connectivity index (χ4v) is 1.90. The van der Waals surface area contributed by atoms with Gasteiger partial charge in [0.15, 0.2) is 0 Å². The van der Waals surface area contributed by atoms with Gasteiger partial charge in [-0.2, -0.15) is 13.2 Å². The molecule has 0 fully saturated rings. The maximum Gasteiger partial charge on any atom is 0.417 e. The van der Waals surface area contributed by atoms with Gasteiger partial charge in [0.2, 0.25) is 17.7 Å². The molecule has 0 radical (unpaired) electrons. The van der Waals surface area contributed by atoms with Gasteiger partial charge < -0.3 is 21.1 Å². The molecule has 2 amide bonds. The number of rotatable bonds is 8. The van der Waals surface area contributed by atoms with Crippen molar-refractivity contribution in [3.8, 4) is 5.88 Å². The predicted octanol–water partition coefficient (Wildman–Crippen LogP) is 2.19. The topological polar surface area (TPSA) is 106 Å². The molecule has 0 aromatic carbocycles. The maximum atomic E-state index is 12.5. The summed E-state index contributed by atoms with van der Waals surface area (Å²) >= 11 is 5.68. The Kier molecular flexibility index (Phi) is 13.2. The molecule has 0 spiro atoms. The summed E-state index contributed by atoms with van der Waals surface area (Å²) in [5.74, 6) is -1.14. The van der Waals surface area contributed by atoms with Gasteiger partial charge in [0.25, 0.3) is 0 Å². The average Bonchev–Trinajstić information content (AvgIpc) is 2.55. The highest BCUT2D eigenvalue weighted by Crippen LogP contribution is 2.32. The molecular weight excluding hydrogens is 448 g/mol. The van der Waals surface area contributed by atoms with Crippen molar-refractivity contribution in [1.82, 2.24) is 15.6 Å². The van der Waals surface area contributed by atoms with Crippen LogP contribution < -0.4 is 21.1 Å². The van der Waals surface area contributed by atoms with Crippen molar-refractivity contribution in [2.45, 2.75) is 26.1 Å². The Morgan fingerprint density at radius 3 is 2.39 bits per heavy atom. The predicted molar refractivity (Wildman–Crippen MR) is 103 cm³/mol. The first-order chi connectivity index (χ1) is 12.0. The van der Waals surface area contributed by atoms with Gasteiger partial charge in [0, 0.05) is 6.20 Å². The molecule has 7 nitrogen and oxygen atoms in total. The number of carbonyl (C=O) groups is 2. The summed E-state index contributed by atoms with van der Waals surface area (Å²) in [5, 5.41) is 4.57. The van der Waals surface area contributed by atoms with Crippen LogP contribution in [0.3, 0.4) is 0 Å². The van der Waals surface area contributed by atoms with Crippen LogP contribution >= 0.6 is 36.4 Å². The van der Waals surface area contributed by atoms with E-state index in [-0.39, 0.29) is 61.3 Å². The normalized spacial score (nSPS) is 11.7. The summed E-state index contributed by atoms with van der Waals surface area (Å²) in [6, 6.07) is -0.00491. The third-order valence-corrected chi connectivity index (χ3v) is 3.51. The van der Waals surface area contributed by atoms with Crippen molar-refractivity contribution in [2.75, 3.05) is 19.7 Å². The van der Waals surface area contributed by atoms with Gasteiger partial charge in [-0.25, -0.2) is 4.98 Å². The van der Waals surface area contributed by atoms with E-state index >= 15 is 0 Å². The molecule has 0 bridgehead atoms. The summed E-state index contributed by atoms with van der Waals surface area (Å²) < 4.78 is 42.6. The van der Waals surface area contributed by atoms with Crippen molar-refractivity contribution in [2.24, 2.45) is 11.7 Å². The first-order valence-electron chi connectivity index (χ1n) is 7.68. The van der Waals surface area contributed by atoms with E-state index in [2.05, 4.69) is 15.6 Å². The highest BCUT2D eigenvalue weighted by Gasteiger charge is 2.31. The van der Waals surface area contributed by atoms with Gasteiger partial charge in [0.1, 0.15) is 11.6 Å². The minimum atomic E-state index is -4.55. The number of hydrogen-bond acceptors (Lipinski definition) is 5. The molecule has 4 N–H and O–H groups in total. The summed E-state index contributed by atoms with van der Waals surface area (Å²) in [6.07, 6.45) is -3.95. The van der Waals surface area contributed by atoms with E-state index in [4.69, 9.17) is 22.1 Å². The summed E-state index contributed by atoms with van der Waals surface area (Å²) in [7, 11) is 0. The number of aromatic nitrogens is 1. The molecular formula is C15H22Cl3F3N4O3. The van der Waals surface area contributed by atoms with Crippen molar-refractivity contribution < 1.29 is 27.5 Å². The lowest BCUT2D eigenvalue weighted by Crippen LogP contribution is -2.47. The van der Waals surface area contributed by atoms with E-state index in [1.807, 2.05) is 0 Å². The lowest BCUT2D eigenvalue weighted by molar-refractivity contribution is -0.137. The molecule has 1 aromatic rings. The number of pyridine rings is 1. The van der Waals surface area contributed by atoms with Crippen molar-refractivity contribution in [1.29, 1.82) is 0 Å². The van der Waals surface area contributed by atoms with E-state index in [1.54, 1.807) is 13.8 Å². The first kappa shape index (κ1) is 28.7. The second kappa shape index (κ2) is 12.9. The zero-order valence-corrected chi connectivity index (χ0v) is 17.4. The molecule has 13 heteroatoms. The quantitative estimate of drug-likeness (QED) is 0.506. The van der Waals surface area contributed by atoms with Gasteiger partial charge in [-0.05, 0) is 12.0 Å². The monoisotopic (exact) mass is 468 g/mol. The minimum Gasteiger partial charge on any atom is -0.475 e. The molecule has 0 saturated carbocycles. The Morgan fingerprint density at radius 1 is 1.29 bits per heavy atom. The van der Waals surface area contributed by atoms with E-state index in [1.165, 1.54) is 0 Å². The molecule has 162 valence electrons. The first-order valence-corrected chi connectivity index (χ1v) is 8.05. The van der Waals surface area contributed by atoms with Crippen LogP contribution in [0.2, 0.25) is 5.02 Å². The number of ether oxygens (including phenoxy) is 1. The molecule has 1 rings (SSSR count). The fraction of sp³-hybridized carbons (Fsp3) is 0.533. The lowest BCUT2D eigenvalue weighted by Gasteiger charge is -2.15. The van der Waals surface area contributed by atoms with Gasteiger partial charge in [-0.3, -0.25) is 9.59 Å². The SMILES string of the molecule is CC(C)[C@H](N)C(=O)NCC(=O)NCCOc1ncc(C(F)(F)F)cc1Cl.Cl.Cl. The van der Waals surface area contributed by atoms with E-state index in [9.17, 15) is 22.8 Å². The fourth-order valence-electron chi connectivity index (χ4n) is 1.68. The number of alkyl halides is 3. The van der Waals surface area contributed by atoms with Gasteiger partial charge in [-0.1, -0.05) is 25.4 Å². The number of amides is 2. The van der Waals surface area contributed by atoms with Crippen LogP contribution in [0.1, 0.15) is 19.4 Å².